The van der Waals surface area contributed by atoms with E-state index in [1.54, 1.807) is 24.3 Å². The fourth-order valence-corrected chi connectivity index (χ4v) is 4.91. The van der Waals surface area contributed by atoms with E-state index < -0.39 is 35.2 Å². The normalized spacial score (nSPS) is 23.7. The van der Waals surface area contributed by atoms with Crippen molar-refractivity contribution in [2.24, 2.45) is 11.1 Å². The molecule has 9 heteroatoms. The summed E-state index contributed by atoms with van der Waals surface area (Å²) in [7, 11) is 2.37. The third-order valence-electron chi connectivity index (χ3n) is 6.13. The Morgan fingerprint density at radius 1 is 1.12 bits per heavy atom. The molecule has 168 valence electrons. The van der Waals surface area contributed by atoms with E-state index in [4.69, 9.17) is 19.9 Å². The van der Waals surface area contributed by atoms with Crippen molar-refractivity contribution in [3.63, 3.8) is 0 Å². The number of esters is 2. The number of amides is 1. The van der Waals surface area contributed by atoms with Crippen molar-refractivity contribution in [3.8, 4) is 0 Å². The van der Waals surface area contributed by atoms with Gasteiger partial charge in [0.2, 0.25) is 11.8 Å². The molecule has 1 aromatic carbocycles. The average molecular weight is 440 g/mol. The summed E-state index contributed by atoms with van der Waals surface area (Å²) in [6, 6.07) is 6.67. The Labute approximate surface area is 184 Å². The first kappa shape index (κ1) is 21.6. The van der Waals surface area contributed by atoms with Crippen molar-refractivity contribution in [1.82, 2.24) is 0 Å². The molecule has 9 nitrogen and oxygen atoms in total. The van der Waals surface area contributed by atoms with Gasteiger partial charge in [-0.3, -0.25) is 19.3 Å². The maximum Gasteiger partial charge on any atom is 0.340 e. The zero-order chi connectivity index (χ0) is 23.4. The van der Waals surface area contributed by atoms with Crippen LogP contribution in [0.15, 0.2) is 47.1 Å². The zero-order valence-electron chi connectivity index (χ0n) is 18.3. The highest BCUT2D eigenvalue weighted by atomic mass is 16.5. The minimum atomic E-state index is -1.87. The molecule has 2 heterocycles. The van der Waals surface area contributed by atoms with E-state index >= 15 is 0 Å². The number of hydrogen-bond acceptors (Lipinski definition) is 8. The van der Waals surface area contributed by atoms with Gasteiger partial charge in [0.1, 0.15) is 23.3 Å². The standard InChI is InChI=1S/C23H24N2O7/c1-22(2)9-14(26)17-15(10-22)32-19(24)18(20(28)31-4)23(17)12-7-5-6-8-13(12)25(21(23)29)11-16(27)30-3/h5-8H,9-11,24H2,1-4H3. The maximum absolute atomic E-state index is 14.1. The number of rotatable bonds is 3. The fourth-order valence-electron chi connectivity index (χ4n) is 4.91. The van der Waals surface area contributed by atoms with Crippen LogP contribution < -0.4 is 10.6 Å². The molecule has 0 saturated heterocycles. The Bertz CT molecular complexity index is 1130. The molecule has 0 fully saturated rings. The molecule has 3 aliphatic rings. The van der Waals surface area contributed by atoms with E-state index in [1.807, 2.05) is 13.8 Å². The van der Waals surface area contributed by atoms with Gasteiger partial charge in [-0.15, -0.1) is 0 Å². The molecule has 0 radical (unpaired) electrons. The summed E-state index contributed by atoms with van der Waals surface area (Å²) in [5.41, 5.74) is 4.44. The molecule has 1 unspecified atom stereocenters. The first-order chi connectivity index (χ1) is 15.1. The van der Waals surface area contributed by atoms with E-state index in [0.29, 0.717) is 17.7 Å². The van der Waals surface area contributed by atoms with Crippen molar-refractivity contribution < 1.29 is 33.4 Å². The van der Waals surface area contributed by atoms with Gasteiger partial charge in [-0.1, -0.05) is 32.0 Å². The average Bonchev–Trinajstić information content (AvgIpc) is 2.95. The summed E-state index contributed by atoms with van der Waals surface area (Å²) in [5, 5.41) is 0. The van der Waals surface area contributed by atoms with E-state index in [1.165, 1.54) is 12.0 Å². The molecule has 2 aliphatic heterocycles. The largest absolute Gasteiger partial charge is 0.468 e. The lowest BCUT2D eigenvalue weighted by Crippen LogP contribution is -2.52. The number of methoxy groups -OCH3 is 2. The summed E-state index contributed by atoms with van der Waals surface area (Å²) in [6.07, 6.45) is 0.495. The Morgan fingerprint density at radius 2 is 1.81 bits per heavy atom. The summed E-state index contributed by atoms with van der Waals surface area (Å²) < 4.78 is 15.5. The maximum atomic E-state index is 14.1. The molecule has 1 atom stereocenters. The molecule has 0 aromatic heterocycles. The molecular formula is C23H24N2O7. The van der Waals surface area contributed by atoms with E-state index in [9.17, 15) is 19.2 Å². The van der Waals surface area contributed by atoms with Crippen LogP contribution in [-0.2, 0) is 38.8 Å². The van der Waals surface area contributed by atoms with Crippen LogP contribution in [0.2, 0.25) is 0 Å². The van der Waals surface area contributed by atoms with Crippen molar-refractivity contribution in [1.29, 1.82) is 0 Å². The van der Waals surface area contributed by atoms with Crippen LogP contribution >= 0.6 is 0 Å². The van der Waals surface area contributed by atoms with Gasteiger partial charge in [0.15, 0.2) is 5.78 Å². The number of ether oxygens (including phenoxy) is 3. The van der Waals surface area contributed by atoms with Crippen LogP contribution in [-0.4, -0.2) is 44.4 Å². The summed E-state index contributed by atoms with van der Waals surface area (Å²) in [6.45, 7) is 3.43. The van der Waals surface area contributed by atoms with Crippen LogP contribution in [0.4, 0.5) is 5.69 Å². The number of nitrogens with two attached hydrogens (primary N) is 1. The summed E-state index contributed by atoms with van der Waals surface area (Å²) in [5.74, 6) is -2.58. The number of anilines is 1. The SMILES string of the molecule is COC(=O)CN1C(=O)C2(C(C(=O)OC)=C(N)OC3=C2C(=O)CC(C)(C)C3)c2ccccc21. The monoisotopic (exact) mass is 440 g/mol. The molecular weight excluding hydrogens is 416 g/mol. The van der Waals surface area contributed by atoms with Gasteiger partial charge in [0, 0.05) is 24.1 Å². The van der Waals surface area contributed by atoms with Crippen molar-refractivity contribution in [2.75, 3.05) is 25.7 Å². The Kier molecular flexibility index (Phi) is 4.87. The third-order valence-corrected chi connectivity index (χ3v) is 6.13. The van der Waals surface area contributed by atoms with Crippen molar-refractivity contribution in [3.05, 3.63) is 52.6 Å². The highest BCUT2D eigenvalue weighted by Crippen LogP contribution is 2.57. The fraction of sp³-hybridized carbons (Fsp3) is 0.391. The van der Waals surface area contributed by atoms with Crippen LogP contribution in [0, 0.1) is 5.41 Å². The topological polar surface area (TPSA) is 125 Å². The quantitative estimate of drug-likeness (QED) is 0.701. The number of Topliss-reactive ketones (excluding diaryl/α,β-unsaturated/α-hetero) is 1. The number of fused-ring (bicyclic) bond motifs is 3. The molecule has 1 amide bonds. The number of hydrogen-bond donors (Lipinski definition) is 1. The van der Waals surface area contributed by atoms with E-state index in [-0.39, 0.29) is 35.0 Å². The number of carbonyl (C=O) groups excluding carboxylic acids is 4. The van der Waals surface area contributed by atoms with Gasteiger partial charge in [0.25, 0.3) is 0 Å². The Morgan fingerprint density at radius 3 is 2.47 bits per heavy atom. The van der Waals surface area contributed by atoms with E-state index in [0.717, 1.165) is 7.11 Å². The first-order valence-electron chi connectivity index (χ1n) is 10.1. The van der Waals surface area contributed by atoms with Crippen molar-refractivity contribution >= 4 is 29.3 Å². The molecule has 4 rings (SSSR count). The lowest BCUT2D eigenvalue weighted by molar-refractivity contribution is -0.140. The predicted molar refractivity (Wildman–Crippen MR) is 112 cm³/mol. The van der Waals surface area contributed by atoms with Crippen molar-refractivity contribution in [2.45, 2.75) is 32.1 Å². The molecule has 1 spiro atoms. The van der Waals surface area contributed by atoms with Gasteiger partial charge in [0.05, 0.1) is 19.8 Å². The number of para-hydroxylation sites is 1. The summed E-state index contributed by atoms with van der Waals surface area (Å²) >= 11 is 0. The molecule has 0 saturated carbocycles. The zero-order valence-corrected chi connectivity index (χ0v) is 18.3. The second kappa shape index (κ2) is 7.22. The van der Waals surface area contributed by atoms with Gasteiger partial charge in [-0.2, -0.15) is 0 Å². The van der Waals surface area contributed by atoms with Gasteiger partial charge in [-0.05, 0) is 11.5 Å². The second-order valence-corrected chi connectivity index (χ2v) is 8.81. The second-order valence-electron chi connectivity index (χ2n) is 8.81. The minimum Gasteiger partial charge on any atom is -0.468 e. The molecule has 1 aliphatic carbocycles. The smallest absolute Gasteiger partial charge is 0.340 e. The number of allylic oxidation sites excluding steroid dienone is 1. The molecule has 32 heavy (non-hydrogen) atoms. The third kappa shape index (κ3) is 2.84. The molecule has 0 bridgehead atoms. The van der Waals surface area contributed by atoms with Gasteiger partial charge >= 0.3 is 11.9 Å². The minimum absolute atomic E-state index is 0.0660. The Balaban J connectivity index is 2.07. The highest BCUT2D eigenvalue weighted by molar-refractivity contribution is 6.24. The molecule has 2 N–H and O–H groups in total. The van der Waals surface area contributed by atoms with Crippen LogP contribution in [0.1, 0.15) is 32.3 Å². The highest BCUT2D eigenvalue weighted by Gasteiger charge is 2.64. The van der Waals surface area contributed by atoms with Gasteiger partial charge in [-0.25, -0.2) is 4.79 Å². The summed E-state index contributed by atoms with van der Waals surface area (Å²) in [4.78, 5) is 53.9. The number of carbonyl (C=O) groups is 4. The van der Waals surface area contributed by atoms with Crippen LogP contribution in [0.5, 0.6) is 0 Å². The predicted octanol–water partition coefficient (Wildman–Crippen LogP) is 1.46. The first-order valence-corrected chi connectivity index (χ1v) is 10.1. The molecule has 1 aromatic rings. The lowest BCUT2D eigenvalue weighted by Gasteiger charge is -2.42. The number of nitrogens with zero attached hydrogens (tertiary/aromatic N) is 1. The van der Waals surface area contributed by atoms with Gasteiger partial charge < -0.3 is 19.9 Å². The van der Waals surface area contributed by atoms with E-state index in [2.05, 4.69) is 0 Å². The number of ketones is 1. The van der Waals surface area contributed by atoms with Crippen LogP contribution in [0.3, 0.4) is 0 Å². The number of benzene rings is 1. The Hall–Kier alpha value is -3.62. The lowest BCUT2D eigenvalue weighted by atomic mass is 9.62. The van der Waals surface area contributed by atoms with Crippen LogP contribution in [0.25, 0.3) is 0 Å².